The van der Waals surface area contributed by atoms with Crippen LogP contribution in [0.3, 0.4) is 0 Å². The summed E-state index contributed by atoms with van der Waals surface area (Å²) in [5, 5.41) is 11.6. The van der Waals surface area contributed by atoms with Gasteiger partial charge in [0.15, 0.2) is 0 Å². The summed E-state index contributed by atoms with van der Waals surface area (Å²) in [7, 11) is 1.42. The predicted octanol–water partition coefficient (Wildman–Crippen LogP) is 3.03. The monoisotopic (exact) mass is 452 g/mol. The molecule has 2 amide bonds. The Kier molecular flexibility index (Phi) is 8.21. The first kappa shape index (κ1) is 24.0. The average molecular weight is 453 g/mol. The highest BCUT2D eigenvalue weighted by Gasteiger charge is 2.29. The zero-order chi connectivity index (χ0) is 23.8. The molecule has 0 fully saturated rings. The first-order chi connectivity index (χ1) is 15.9. The van der Waals surface area contributed by atoms with Gasteiger partial charge in [0, 0.05) is 26.1 Å². The van der Waals surface area contributed by atoms with Gasteiger partial charge >= 0.3 is 12.1 Å². The second-order valence-corrected chi connectivity index (χ2v) is 7.72. The highest BCUT2D eigenvalue weighted by Crippen LogP contribution is 2.44. The van der Waals surface area contributed by atoms with Crippen LogP contribution in [0.1, 0.15) is 23.5 Å². The number of benzene rings is 2. The van der Waals surface area contributed by atoms with Gasteiger partial charge in [0.2, 0.25) is 5.91 Å². The summed E-state index contributed by atoms with van der Waals surface area (Å²) < 4.78 is 10.8. The second kappa shape index (κ2) is 11.3. The number of nitrogens with zero attached hydrogens (tertiary/aromatic N) is 1. The first-order valence-electron chi connectivity index (χ1n) is 10.7. The number of fused-ring (bicyclic) bond motifs is 3. The summed E-state index contributed by atoms with van der Waals surface area (Å²) in [5.41, 5.74) is 4.52. The fourth-order valence-electron chi connectivity index (χ4n) is 3.98. The molecule has 3 rings (SSSR count). The molecule has 8 nitrogen and oxygen atoms in total. The summed E-state index contributed by atoms with van der Waals surface area (Å²) >= 11 is 0. The van der Waals surface area contributed by atoms with Crippen LogP contribution in [0.5, 0.6) is 0 Å². The minimum atomic E-state index is -1.11. The molecule has 0 radical (unpaired) electrons. The SMILES string of the molecule is C=CCN(CC(=O)O)C(=O)CC(CNC(=O)OCC1c2ccccc2-c2ccccc21)OC. The molecule has 0 aromatic heterocycles. The van der Waals surface area contributed by atoms with Crippen LogP contribution in [0.4, 0.5) is 4.79 Å². The van der Waals surface area contributed by atoms with Crippen molar-refractivity contribution in [3.8, 4) is 11.1 Å². The van der Waals surface area contributed by atoms with E-state index in [1.807, 2.05) is 36.4 Å². The molecular weight excluding hydrogens is 424 g/mol. The van der Waals surface area contributed by atoms with E-state index in [2.05, 4.69) is 24.0 Å². The Hall–Kier alpha value is -3.65. The lowest BCUT2D eigenvalue weighted by Gasteiger charge is -2.22. The standard InChI is InChI=1S/C25H28N2O6/c1-3-12-27(15-24(29)30)23(28)13-17(32-2)14-26-25(31)33-16-22-20-10-6-4-8-18(20)19-9-5-7-11-21(19)22/h3-11,17,22H,1,12-16H2,2H3,(H,26,31)(H,29,30). The van der Waals surface area contributed by atoms with Crippen molar-refractivity contribution < 1.29 is 29.0 Å². The summed E-state index contributed by atoms with van der Waals surface area (Å²) in [4.78, 5) is 36.9. The topological polar surface area (TPSA) is 105 Å². The third-order valence-electron chi connectivity index (χ3n) is 5.58. The molecule has 0 aliphatic heterocycles. The lowest BCUT2D eigenvalue weighted by Crippen LogP contribution is -2.41. The Morgan fingerprint density at radius 1 is 1.12 bits per heavy atom. The van der Waals surface area contributed by atoms with E-state index in [0.29, 0.717) is 0 Å². The molecule has 2 aromatic rings. The third-order valence-corrected chi connectivity index (χ3v) is 5.58. The van der Waals surface area contributed by atoms with Gasteiger partial charge in [-0.3, -0.25) is 9.59 Å². The zero-order valence-corrected chi connectivity index (χ0v) is 18.5. The molecule has 174 valence electrons. The molecule has 0 bridgehead atoms. The van der Waals surface area contributed by atoms with Crippen LogP contribution < -0.4 is 5.32 Å². The van der Waals surface area contributed by atoms with Gasteiger partial charge in [0.05, 0.1) is 12.5 Å². The Labute approximate surface area is 192 Å². The van der Waals surface area contributed by atoms with Crippen LogP contribution in [0, 0.1) is 0 Å². The van der Waals surface area contributed by atoms with Crippen molar-refractivity contribution in [3.05, 3.63) is 72.3 Å². The summed E-state index contributed by atoms with van der Waals surface area (Å²) in [6.45, 7) is 3.45. The van der Waals surface area contributed by atoms with Gasteiger partial charge in [0.1, 0.15) is 13.2 Å². The van der Waals surface area contributed by atoms with Crippen molar-refractivity contribution in [2.75, 3.05) is 33.4 Å². The number of carbonyl (C=O) groups excluding carboxylic acids is 2. The van der Waals surface area contributed by atoms with Gasteiger partial charge in [-0.25, -0.2) is 4.79 Å². The molecule has 0 heterocycles. The number of alkyl carbamates (subject to hydrolysis) is 1. The number of aliphatic carboxylic acids is 1. The molecule has 33 heavy (non-hydrogen) atoms. The van der Waals surface area contributed by atoms with Gasteiger partial charge in [-0.1, -0.05) is 54.6 Å². The lowest BCUT2D eigenvalue weighted by atomic mass is 9.98. The van der Waals surface area contributed by atoms with E-state index in [9.17, 15) is 14.4 Å². The number of carbonyl (C=O) groups is 3. The van der Waals surface area contributed by atoms with Crippen molar-refractivity contribution in [2.45, 2.75) is 18.4 Å². The largest absolute Gasteiger partial charge is 0.480 e. The van der Waals surface area contributed by atoms with Crippen molar-refractivity contribution in [3.63, 3.8) is 0 Å². The number of nitrogens with one attached hydrogen (secondary N) is 1. The van der Waals surface area contributed by atoms with Gasteiger partial charge in [-0.05, 0) is 22.3 Å². The molecule has 1 atom stereocenters. The quantitative estimate of drug-likeness (QED) is 0.508. The van der Waals surface area contributed by atoms with Crippen LogP contribution in [0.25, 0.3) is 11.1 Å². The molecule has 0 saturated carbocycles. The maximum atomic E-state index is 12.4. The summed E-state index contributed by atoms with van der Waals surface area (Å²) in [6, 6.07) is 16.1. The van der Waals surface area contributed by atoms with Crippen LogP contribution in [-0.2, 0) is 19.1 Å². The molecule has 8 heteroatoms. The maximum Gasteiger partial charge on any atom is 0.407 e. The summed E-state index contributed by atoms with van der Waals surface area (Å²) in [6.07, 6.45) is 0.137. The summed E-state index contributed by atoms with van der Waals surface area (Å²) in [5.74, 6) is -1.57. The lowest BCUT2D eigenvalue weighted by molar-refractivity contribution is -0.145. The highest BCUT2D eigenvalue weighted by molar-refractivity contribution is 5.82. The molecule has 2 aromatic carbocycles. The molecule has 2 N–H and O–H groups in total. The van der Waals surface area contributed by atoms with Crippen molar-refractivity contribution >= 4 is 18.0 Å². The van der Waals surface area contributed by atoms with Crippen molar-refractivity contribution in [1.29, 1.82) is 0 Å². The Morgan fingerprint density at radius 2 is 1.73 bits per heavy atom. The van der Waals surface area contributed by atoms with E-state index in [0.717, 1.165) is 27.2 Å². The van der Waals surface area contributed by atoms with Crippen LogP contribution in [0.15, 0.2) is 61.2 Å². The number of ether oxygens (including phenoxy) is 2. The molecule has 1 aliphatic rings. The molecular formula is C25H28N2O6. The van der Waals surface area contributed by atoms with Gasteiger partial charge < -0.3 is 24.8 Å². The minimum Gasteiger partial charge on any atom is -0.480 e. The van der Waals surface area contributed by atoms with Crippen LogP contribution in [0.2, 0.25) is 0 Å². The number of carboxylic acids is 1. The van der Waals surface area contributed by atoms with Gasteiger partial charge in [0.25, 0.3) is 0 Å². The molecule has 1 aliphatic carbocycles. The van der Waals surface area contributed by atoms with E-state index < -0.39 is 30.6 Å². The number of amides is 2. The zero-order valence-electron chi connectivity index (χ0n) is 18.5. The van der Waals surface area contributed by atoms with E-state index in [1.165, 1.54) is 13.2 Å². The number of rotatable bonds is 11. The predicted molar refractivity (Wildman–Crippen MR) is 123 cm³/mol. The number of carboxylic acid groups (broad SMARTS) is 1. The molecule has 0 spiro atoms. The fourth-order valence-corrected chi connectivity index (χ4v) is 3.98. The number of methoxy groups -OCH3 is 1. The van der Waals surface area contributed by atoms with E-state index >= 15 is 0 Å². The smallest absolute Gasteiger partial charge is 0.407 e. The Morgan fingerprint density at radius 3 is 2.27 bits per heavy atom. The van der Waals surface area contributed by atoms with Crippen molar-refractivity contribution in [2.24, 2.45) is 0 Å². The second-order valence-electron chi connectivity index (χ2n) is 7.72. The molecule has 0 saturated heterocycles. The van der Waals surface area contributed by atoms with Gasteiger partial charge in [-0.2, -0.15) is 0 Å². The first-order valence-corrected chi connectivity index (χ1v) is 10.7. The minimum absolute atomic E-state index is 0.0495. The number of hydrogen-bond donors (Lipinski definition) is 2. The normalized spacial score (nSPS) is 12.9. The number of hydrogen-bond acceptors (Lipinski definition) is 5. The molecule has 1 unspecified atom stereocenters. The van der Waals surface area contributed by atoms with E-state index in [4.69, 9.17) is 14.6 Å². The third kappa shape index (κ3) is 5.98. The van der Waals surface area contributed by atoms with Crippen LogP contribution in [-0.4, -0.2) is 67.4 Å². The van der Waals surface area contributed by atoms with Crippen LogP contribution >= 0.6 is 0 Å². The Bertz CT molecular complexity index is 976. The Balaban J connectivity index is 1.53. The van der Waals surface area contributed by atoms with Gasteiger partial charge in [-0.15, -0.1) is 6.58 Å². The fraction of sp³-hybridized carbons (Fsp3) is 0.320. The van der Waals surface area contributed by atoms with E-state index in [1.54, 1.807) is 0 Å². The maximum absolute atomic E-state index is 12.4. The highest BCUT2D eigenvalue weighted by atomic mass is 16.5. The average Bonchev–Trinajstić information content (AvgIpc) is 3.13. The van der Waals surface area contributed by atoms with Crippen molar-refractivity contribution in [1.82, 2.24) is 10.2 Å². The van der Waals surface area contributed by atoms with E-state index in [-0.39, 0.29) is 32.0 Å².